The van der Waals surface area contributed by atoms with Crippen molar-refractivity contribution in [3.63, 3.8) is 0 Å². The van der Waals surface area contributed by atoms with Crippen LogP contribution >= 0.6 is 11.6 Å². The maximum atomic E-state index is 12.8. The van der Waals surface area contributed by atoms with E-state index in [1.807, 2.05) is 35.2 Å². The van der Waals surface area contributed by atoms with Crippen molar-refractivity contribution in [1.29, 1.82) is 0 Å². The van der Waals surface area contributed by atoms with Crippen molar-refractivity contribution >= 4 is 29.1 Å². The van der Waals surface area contributed by atoms with Crippen LogP contribution in [0.15, 0.2) is 67.3 Å². The molecule has 28 heavy (non-hydrogen) atoms. The van der Waals surface area contributed by atoms with Crippen LogP contribution in [-0.4, -0.2) is 60.9 Å². The number of piperazine rings is 1. The molecule has 2 amide bonds. The second-order valence-electron chi connectivity index (χ2n) is 6.70. The molecule has 1 aliphatic heterocycles. The highest BCUT2D eigenvalue weighted by molar-refractivity contribution is 6.30. The van der Waals surface area contributed by atoms with E-state index in [1.54, 1.807) is 35.2 Å². The van der Waals surface area contributed by atoms with E-state index >= 15 is 0 Å². The van der Waals surface area contributed by atoms with E-state index in [0.717, 1.165) is 5.69 Å². The number of halogens is 1. The highest BCUT2D eigenvalue weighted by atomic mass is 35.5. The number of amides is 2. The number of carbonyl (C=O) groups is 2. The van der Waals surface area contributed by atoms with Gasteiger partial charge in [-0.2, -0.15) is 0 Å². The summed E-state index contributed by atoms with van der Waals surface area (Å²) in [6.45, 7) is 7.09. The number of nitrogens with zero attached hydrogens (tertiary/aromatic N) is 3. The Kier molecular flexibility index (Phi) is 6.85. The van der Waals surface area contributed by atoms with Crippen molar-refractivity contribution in [3.8, 4) is 0 Å². The van der Waals surface area contributed by atoms with Gasteiger partial charge in [-0.25, -0.2) is 0 Å². The third-order valence-electron chi connectivity index (χ3n) is 4.79. The van der Waals surface area contributed by atoms with Crippen molar-refractivity contribution in [1.82, 2.24) is 9.80 Å². The predicted octanol–water partition coefficient (Wildman–Crippen LogP) is 3.32. The van der Waals surface area contributed by atoms with Gasteiger partial charge in [0.2, 0.25) is 5.91 Å². The summed E-state index contributed by atoms with van der Waals surface area (Å²) < 4.78 is 0. The largest absolute Gasteiger partial charge is 0.336 e. The van der Waals surface area contributed by atoms with Crippen LogP contribution in [0.2, 0.25) is 5.02 Å². The van der Waals surface area contributed by atoms with Gasteiger partial charge in [0.15, 0.2) is 0 Å². The lowest BCUT2D eigenvalue weighted by atomic mass is 10.2. The number of benzene rings is 2. The van der Waals surface area contributed by atoms with E-state index in [2.05, 4.69) is 11.5 Å². The molecule has 0 radical (unpaired) electrons. The summed E-state index contributed by atoms with van der Waals surface area (Å²) in [5.74, 6) is 0.0313. The highest BCUT2D eigenvalue weighted by Gasteiger charge is 2.25. The van der Waals surface area contributed by atoms with Crippen molar-refractivity contribution in [2.75, 3.05) is 44.2 Å². The lowest BCUT2D eigenvalue weighted by Crippen LogP contribution is -2.51. The van der Waals surface area contributed by atoms with Crippen molar-refractivity contribution < 1.29 is 9.59 Å². The van der Waals surface area contributed by atoms with Crippen molar-refractivity contribution in [2.24, 2.45) is 0 Å². The number of carbonyl (C=O) groups excluding carboxylic acids is 2. The second kappa shape index (κ2) is 9.53. The third kappa shape index (κ3) is 5.00. The first-order chi connectivity index (χ1) is 13.6. The Morgan fingerprint density at radius 2 is 1.64 bits per heavy atom. The molecule has 0 saturated carbocycles. The van der Waals surface area contributed by atoms with Crippen LogP contribution in [0.5, 0.6) is 0 Å². The molecule has 0 spiro atoms. The summed E-state index contributed by atoms with van der Waals surface area (Å²) in [5.41, 5.74) is 1.50. The Morgan fingerprint density at radius 1 is 1.00 bits per heavy atom. The third-order valence-corrected chi connectivity index (χ3v) is 5.04. The van der Waals surface area contributed by atoms with Gasteiger partial charge in [-0.05, 0) is 36.4 Å². The minimum atomic E-state index is 0.000197. The van der Waals surface area contributed by atoms with Crippen molar-refractivity contribution in [2.45, 2.75) is 0 Å². The maximum absolute atomic E-state index is 12.8. The van der Waals surface area contributed by atoms with Crippen LogP contribution < -0.4 is 4.90 Å². The van der Waals surface area contributed by atoms with Crippen LogP contribution in [-0.2, 0) is 4.79 Å². The quantitative estimate of drug-likeness (QED) is 0.702. The number of hydrogen-bond acceptors (Lipinski definition) is 3. The maximum Gasteiger partial charge on any atom is 0.253 e. The predicted molar refractivity (Wildman–Crippen MR) is 113 cm³/mol. The number of hydrogen-bond donors (Lipinski definition) is 0. The minimum Gasteiger partial charge on any atom is -0.336 e. The smallest absolute Gasteiger partial charge is 0.253 e. The monoisotopic (exact) mass is 397 g/mol. The molecule has 0 N–H and O–H groups in total. The first kappa shape index (κ1) is 20.1. The summed E-state index contributed by atoms with van der Waals surface area (Å²) in [6, 6.07) is 16.5. The molecule has 3 rings (SSSR count). The summed E-state index contributed by atoms with van der Waals surface area (Å²) in [7, 11) is 0. The lowest BCUT2D eigenvalue weighted by molar-refractivity contribution is -0.119. The summed E-state index contributed by atoms with van der Waals surface area (Å²) in [4.78, 5) is 31.1. The fourth-order valence-electron chi connectivity index (χ4n) is 3.25. The molecule has 2 aromatic rings. The van der Waals surface area contributed by atoms with E-state index in [-0.39, 0.29) is 11.8 Å². The molecule has 0 aromatic heterocycles. The summed E-state index contributed by atoms with van der Waals surface area (Å²) in [6.07, 6.45) is 1.73. The molecule has 1 fully saturated rings. The van der Waals surface area contributed by atoms with Crippen LogP contribution in [0.4, 0.5) is 5.69 Å². The molecular weight excluding hydrogens is 374 g/mol. The number of anilines is 1. The average molecular weight is 398 g/mol. The highest BCUT2D eigenvalue weighted by Crippen LogP contribution is 2.16. The Bertz CT molecular complexity index is 815. The Morgan fingerprint density at radius 3 is 2.25 bits per heavy atom. The minimum absolute atomic E-state index is 0.000197. The number of rotatable bonds is 6. The number of para-hydroxylation sites is 1. The average Bonchev–Trinajstić information content (AvgIpc) is 2.73. The zero-order valence-electron chi connectivity index (χ0n) is 15.8. The molecule has 1 saturated heterocycles. The van der Waals surface area contributed by atoms with Gasteiger partial charge >= 0.3 is 0 Å². The first-order valence-corrected chi connectivity index (χ1v) is 9.70. The fourth-order valence-corrected chi connectivity index (χ4v) is 3.38. The molecule has 146 valence electrons. The van der Waals surface area contributed by atoms with Crippen LogP contribution in [0, 0.1) is 0 Å². The molecule has 0 unspecified atom stereocenters. The zero-order chi connectivity index (χ0) is 19.9. The van der Waals surface area contributed by atoms with Gasteiger partial charge in [-0.15, -0.1) is 6.58 Å². The Balaban J connectivity index is 1.55. The molecule has 1 aliphatic rings. The van der Waals surface area contributed by atoms with E-state index < -0.39 is 0 Å². The van der Waals surface area contributed by atoms with Gasteiger partial charge in [-0.1, -0.05) is 35.9 Å². The molecule has 0 aliphatic carbocycles. The van der Waals surface area contributed by atoms with E-state index in [9.17, 15) is 9.59 Å². The topological polar surface area (TPSA) is 43.9 Å². The van der Waals surface area contributed by atoms with Crippen molar-refractivity contribution in [3.05, 3.63) is 77.8 Å². The molecule has 5 nitrogen and oxygen atoms in total. The molecule has 1 heterocycles. The van der Waals surface area contributed by atoms with Crippen LogP contribution in [0.1, 0.15) is 10.4 Å². The van der Waals surface area contributed by atoms with Gasteiger partial charge in [0.1, 0.15) is 0 Å². The fraction of sp³-hybridized carbons (Fsp3) is 0.273. The summed E-state index contributed by atoms with van der Waals surface area (Å²) >= 11 is 5.89. The van der Waals surface area contributed by atoms with Crippen LogP contribution in [0.25, 0.3) is 0 Å². The SMILES string of the molecule is C=CCN(C(=O)CN1CCN(C(=O)c2ccc(Cl)cc2)CC1)c1ccccc1. The van der Waals surface area contributed by atoms with Gasteiger partial charge < -0.3 is 9.80 Å². The molecule has 0 atom stereocenters. The molecular formula is C22H24ClN3O2. The van der Waals surface area contributed by atoms with E-state index in [4.69, 9.17) is 11.6 Å². The molecule has 6 heteroatoms. The van der Waals surface area contributed by atoms with Gasteiger partial charge in [0.25, 0.3) is 5.91 Å². The standard InChI is InChI=1S/C22H24ClN3O2/c1-2-12-26(20-6-4-3-5-7-20)21(27)17-24-13-15-25(16-14-24)22(28)18-8-10-19(23)11-9-18/h2-11H,1,12-17H2. The molecule has 2 aromatic carbocycles. The van der Waals surface area contributed by atoms with Gasteiger partial charge in [0.05, 0.1) is 6.54 Å². The molecule has 0 bridgehead atoms. The Labute approximate surface area is 170 Å². The zero-order valence-corrected chi connectivity index (χ0v) is 16.5. The van der Waals surface area contributed by atoms with E-state index in [0.29, 0.717) is 49.9 Å². The van der Waals surface area contributed by atoms with Gasteiger partial charge in [0, 0.05) is 49.0 Å². The first-order valence-electron chi connectivity index (χ1n) is 9.32. The lowest BCUT2D eigenvalue weighted by Gasteiger charge is -2.35. The summed E-state index contributed by atoms with van der Waals surface area (Å²) in [5, 5.41) is 0.613. The van der Waals surface area contributed by atoms with Gasteiger partial charge in [-0.3, -0.25) is 14.5 Å². The second-order valence-corrected chi connectivity index (χ2v) is 7.14. The normalized spacial score (nSPS) is 14.5. The van der Waals surface area contributed by atoms with Crippen LogP contribution in [0.3, 0.4) is 0 Å². The Hall–Kier alpha value is -2.63. The van der Waals surface area contributed by atoms with E-state index in [1.165, 1.54) is 0 Å².